The van der Waals surface area contributed by atoms with Crippen molar-refractivity contribution in [3.8, 4) is 9.75 Å². The van der Waals surface area contributed by atoms with E-state index in [1.807, 2.05) is 18.2 Å². The van der Waals surface area contributed by atoms with Crippen LogP contribution in [-0.4, -0.2) is 6.29 Å². The minimum absolute atomic E-state index is 0.777. The third kappa shape index (κ3) is 1.90. The van der Waals surface area contributed by atoms with Crippen LogP contribution in [0.25, 0.3) is 9.75 Å². The van der Waals surface area contributed by atoms with Gasteiger partial charge < -0.3 is 0 Å². The van der Waals surface area contributed by atoms with Crippen LogP contribution in [0.4, 0.5) is 0 Å². The second-order valence-corrected chi connectivity index (χ2v) is 6.00. The topological polar surface area (TPSA) is 17.1 Å². The Morgan fingerprint density at radius 1 is 1.08 bits per heavy atom. The highest BCUT2D eigenvalue weighted by Gasteiger charge is 2.04. The third-order valence-electron chi connectivity index (χ3n) is 1.56. The summed E-state index contributed by atoms with van der Waals surface area (Å²) in [6.07, 6.45) is 0.886. The first-order valence-corrected chi connectivity index (χ1v) is 6.03. The fraction of sp³-hybridized carbons (Fsp3) is 0. The highest BCUT2D eigenvalue weighted by molar-refractivity contribution is 9.11. The molecule has 2 rings (SSSR count). The standard InChI is InChI=1S/C9H5BrOS2/c10-9-4-3-8(13-9)7-2-1-6(5-11)12-7/h1-5H. The van der Waals surface area contributed by atoms with E-state index in [1.165, 1.54) is 16.2 Å². The zero-order chi connectivity index (χ0) is 9.26. The van der Waals surface area contributed by atoms with Crippen LogP contribution in [0.1, 0.15) is 9.67 Å². The smallest absolute Gasteiger partial charge is 0.160 e. The molecule has 2 heterocycles. The van der Waals surface area contributed by atoms with E-state index < -0.39 is 0 Å². The molecule has 0 unspecified atom stereocenters. The predicted molar refractivity (Wildman–Crippen MR) is 60.7 cm³/mol. The Labute approximate surface area is 92.2 Å². The number of hydrogen-bond donors (Lipinski definition) is 0. The predicted octanol–water partition coefficient (Wildman–Crippen LogP) is 4.05. The summed E-state index contributed by atoms with van der Waals surface area (Å²) >= 11 is 6.60. The summed E-state index contributed by atoms with van der Waals surface area (Å²) < 4.78 is 1.11. The van der Waals surface area contributed by atoms with Crippen molar-refractivity contribution in [2.45, 2.75) is 0 Å². The Morgan fingerprint density at radius 3 is 2.31 bits per heavy atom. The van der Waals surface area contributed by atoms with Crippen LogP contribution in [0.5, 0.6) is 0 Å². The van der Waals surface area contributed by atoms with Crippen molar-refractivity contribution in [2.24, 2.45) is 0 Å². The van der Waals surface area contributed by atoms with Gasteiger partial charge in [0, 0.05) is 9.75 Å². The van der Waals surface area contributed by atoms with Crippen LogP contribution in [-0.2, 0) is 0 Å². The monoisotopic (exact) mass is 272 g/mol. The van der Waals surface area contributed by atoms with Gasteiger partial charge in [-0.05, 0) is 40.2 Å². The van der Waals surface area contributed by atoms with Crippen molar-refractivity contribution in [2.75, 3.05) is 0 Å². The van der Waals surface area contributed by atoms with E-state index in [2.05, 4.69) is 22.0 Å². The lowest BCUT2D eigenvalue weighted by Gasteiger charge is -1.86. The third-order valence-corrected chi connectivity index (χ3v) is 4.39. The first-order valence-electron chi connectivity index (χ1n) is 3.60. The number of aldehydes is 1. The molecule has 1 nitrogen and oxygen atoms in total. The Morgan fingerprint density at radius 2 is 1.77 bits per heavy atom. The van der Waals surface area contributed by atoms with E-state index in [0.29, 0.717) is 0 Å². The van der Waals surface area contributed by atoms with Gasteiger partial charge in [0.25, 0.3) is 0 Å². The maximum absolute atomic E-state index is 10.5. The van der Waals surface area contributed by atoms with E-state index in [-0.39, 0.29) is 0 Å². The first-order chi connectivity index (χ1) is 6.29. The summed E-state index contributed by atoms with van der Waals surface area (Å²) in [5, 5.41) is 0. The molecule has 2 aromatic heterocycles. The molecule has 0 aliphatic carbocycles. The van der Waals surface area contributed by atoms with Crippen molar-refractivity contribution in [3.63, 3.8) is 0 Å². The van der Waals surface area contributed by atoms with Gasteiger partial charge in [-0.3, -0.25) is 4.79 Å². The second kappa shape index (κ2) is 3.74. The van der Waals surface area contributed by atoms with Crippen LogP contribution >= 0.6 is 38.6 Å². The van der Waals surface area contributed by atoms with Gasteiger partial charge in [-0.1, -0.05) is 0 Å². The maximum atomic E-state index is 10.5. The average Bonchev–Trinajstić information content (AvgIpc) is 2.71. The summed E-state index contributed by atoms with van der Waals surface area (Å²) in [5.74, 6) is 0. The molecule has 0 atom stereocenters. The van der Waals surface area contributed by atoms with Gasteiger partial charge in [0.05, 0.1) is 8.66 Å². The number of halogens is 1. The molecule has 0 spiro atoms. The number of carbonyl (C=O) groups excluding carboxylic acids is 1. The van der Waals surface area contributed by atoms with E-state index in [1.54, 1.807) is 11.3 Å². The molecule has 0 aliphatic heterocycles. The second-order valence-electron chi connectivity index (χ2n) is 2.42. The van der Waals surface area contributed by atoms with Gasteiger partial charge in [0.1, 0.15) is 0 Å². The zero-order valence-electron chi connectivity index (χ0n) is 6.49. The largest absolute Gasteiger partial charge is 0.297 e. The SMILES string of the molecule is O=Cc1ccc(-c2ccc(Br)s2)s1. The number of hydrogen-bond acceptors (Lipinski definition) is 3. The Bertz CT molecular complexity index is 430. The molecule has 0 radical (unpaired) electrons. The minimum Gasteiger partial charge on any atom is -0.297 e. The van der Waals surface area contributed by atoms with Gasteiger partial charge >= 0.3 is 0 Å². The van der Waals surface area contributed by atoms with E-state index in [9.17, 15) is 4.79 Å². The van der Waals surface area contributed by atoms with Crippen LogP contribution in [0, 0.1) is 0 Å². The average molecular weight is 273 g/mol. The molecule has 13 heavy (non-hydrogen) atoms. The highest BCUT2D eigenvalue weighted by atomic mass is 79.9. The van der Waals surface area contributed by atoms with Gasteiger partial charge in [-0.15, -0.1) is 22.7 Å². The Balaban J connectivity index is 2.40. The summed E-state index contributed by atoms with van der Waals surface area (Å²) in [5.41, 5.74) is 0. The number of thiophene rings is 2. The molecule has 0 aliphatic rings. The molecule has 0 amide bonds. The molecule has 66 valence electrons. The summed E-state index contributed by atoms with van der Waals surface area (Å²) in [6.45, 7) is 0. The first kappa shape index (κ1) is 9.12. The molecular weight excluding hydrogens is 268 g/mol. The summed E-state index contributed by atoms with van der Waals surface area (Å²) in [7, 11) is 0. The van der Waals surface area contributed by atoms with Crippen molar-refractivity contribution in [3.05, 3.63) is 32.9 Å². The molecule has 0 saturated heterocycles. The van der Waals surface area contributed by atoms with Crippen molar-refractivity contribution in [1.29, 1.82) is 0 Å². The lowest BCUT2D eigenvalue weighted by atomic mass is 10.4. The van der Waals surface area contributed by atoms with E-state index in [4.69, 9.17) is 0 Å². The molecular formula is C9H5BrOS2. The van der Waals surface area contributed by atoms with Crippen molar-refractivity contribution < 1.29 is 4.79 Å². The molecule has 0 bridgehead atoms. The fourth-order valence-electron chi connectivity index (χ4n) is 0.995. The van der Waals surface area contributed by atoms with Crippen LogP contribution < -0.4 is 0 Å². The maximum Gasteiger partial charge on any atom is 0.160 e. The van der Waals surface area contributed by atoms with Crippen LogP contribution in [0.3, 0.4) is 0 Å². The highest BCUT2D eigenvalue weighted by Crippen LogP contribution is 2.34. The molecule has 0 aromatic carbocycles. The zero-order valence-corrected chi connectivity index (χ0v) is 9.71. The fourth-order valence-corrected chi connectivity index (χ4v) is 3.29. The molecule has 0 fully saturated rings. The quantitative estimate of drug-likeness (QED) is 0.754. The lowest BCUT2D eigenvalue weighted by Crippen LogP contribution is -1.62. The lowest BCUT2D eigenvalue weighted by molar-refractivity contribution is 0.112. The van der Waals surface area contributed by atoms with Crippen LogP contribution in [0.2, 0.25) is 0 Å². The summed E-state index contributed by atoms with van der Waals surface area (Å²) in [6, 6.07) is 7.89. The van der Waals surface area contributed by atoms with E-state index in [0.717, 1.165) is 19.8 Å². The van der Waals surface area contributed by atoms with Gasteiger partial charge in [0.2, 0.25) is 0 Å². The molecule has 0 N–H and O–H groups in total. The van der Waals surface area contributed by atoms with Gasteiger partial charge in [-0.25, -0.2) is 0 Å². The van der Waals surface area contributed by atoms with Gasteiger partial charge in [-0.2, -0.15) is 0 Å². The molecule has 0 saturated carbocycles. The Hall–Kier alpha value is -0.450. The number of carbonyl (C=O) groups is 1. The Kier molecular flexibility index (Phi) is 2.62. The number of rotatable bonds is 2. The summed E-state index contributed by atoms with van der Waals surface area (Å²) in [4.78, 5) is 13.6. The van der Waals surface area contributed by atoms with E-state index >= 15 is 0 Å². The van der Waals surface area contributed by atoms with Crippen LogP contribution in [0.15, 0.2) is 28.1 Å². The van der Waals surface area contributed by atoms with Crippen molar-refractivity contribution >= 4 is 44.9 Å². The normalized spacial score (nSPS) is 10.2. The van der Waals surface area contributed by atoms with Crippen molar-refractivity contribution in [1.82, 2.24) is 0 Å². The van der Waals surface area contributed by atoms with Gasteiger partial charge in [0.15, 0.2) is 6.29 Å². The molecule has 2 aromatic rings. The minimum atomic E-state index is 0.777. The molecule has 4 heteroatoms.